The normalized spacial score (nSPS) is 12.3. The Bertz CT molecular complexity index is 447. The van der Waals surface area contributed by atoms with E-state index < -0.39 is 0 Å². The van der Waals surface area contributed by atoms with Crippen LogP contribution in [0, 0.1) is 6.92 Å². The van der Waals surface area contributed by atoms with Crippen molar-refractivity contribution in [3.05, 3.63) is 15.6 Å². The fourth-order valence-electron chi connectivity index (χ4n) is 1.77. The Morgan fingerprint density at radius 1 is 1.35 bits per heavy atom. The van der Waals surface area contributed by atoms with Crippen molar-refractivity contribution in [2.75, 3.05) is 7.05 Å². The SMILES string of the molecule is CN=C(NCc1nc(C(C)C)c(C)s1)NC(C)(C)C.I. The molecule has 116 valence electrons. The zero-order valence-electron chi connectivity index (χ0n) is 13.5. The van der Waals surface area contributed by atoms with E-state index in [0.29, 0.717) is 12.5 Å². The van der Waals surface area contributed by atoms with Crippen molar-refractivity contribution in [1.29, 1.82) is 0 Å². The Morgan fingerprint density at radius 3 is 2.35 bits per heavy atom. The van der Waals surface area contributed by atoms with Crippen LogP contribution >= 0.6 is 35.3 Å². The van der Waals surface area contributed by atoms with Crippen molar-refractivity contribution in [2.24, 2.45) is 4.99 Å². The van der Waals surface area contributed by atoms with Crippen LogP contribution in [0.5, 0.6) is 0 Å². The van der Waals surface area contributed by atoms with E-state index in [1.807, 2.05) is 0 Å². The molecule has 0 fully saturated rings. The van der Waals surface area contributed by atoms with Crippen LogP contribution in [0.1, 0.15) is 56.1 Å². The Morgan fingerprint density at radius 2 is 1.95 bits per heavy atom. The van der Waals surface area contributed by atoms with Crippen molar-refractivity contribution >= 4 is 41.3 Å². The molecule has 0 bridgehead atoms. The molecular formula is C14H27IN4S. The van der Waals surface area contributed by atoms with Gasteiger partial charge in [0.2, 0.25) is 0 Å². The number of aliphatic imine (C=N–C) groups is 1. The lowest BCUT2D eigenvalue weighted by atomic mass is 10.1. The summed E-state index contributed by atoms with van der Waals surface area (Å²) in [5, 5.41) is 7.75. The zero-order valence-corrected chi connectivity index (χ0v) is 16.6. The number of nitrogens with one attached hydrogen (secondary N) is 2. The van der Waals surface area contributed by atoms with Gasteiger partial charge >= 0.3 is 0 Å². The molecule has 20 heavy (non-hydrogen) atoms. The summed E-state index contributed by atoms with van der Waals surface area (Å²) in [5.74, 6) is 1.29. The molecule has 1 aromatic heterocycles. The number of aromatic nitrogens is 1. The maximum Gasteiger partial charge on any atom is 0.191 e. The first-order chi connectivity index (χ1) is 8.73. The summed E-state index contributed by atoms with van der Waals surface area (Å²) in [5.41, 5.74) is 1.21. The minimum absolute atomic E-state index is 0. The molecule has 0 saturated heterocycles. The average molecular weight is 410 g/mol. The van der Waals surface area contributed by atoms with Gasteiger partial charge in [0.15, 0.2) is 5.96 Å². The Labute approximate surface area is 143 Å². The molecule has 0 unspecified atom stereocenters. The van der Waals surface area contributed by atoms with Crippen molar-refractivity contribution in [2.45, 2.75) is 59.5 Å². The zero-order chi connectivity index (χ0) is 14.6. The van der Waals surface area contributed by atoms with Crippen LogP contribution < -0.4 is 10.6 Å². The van der Waals surface area contributed by atoms with E-state index >= 15 is 0 Å². The lowest BCUT2D eigenvalue weighted by Crippen LogP contribution is -2.47. The molecule has 1 heterocycles. The highest BCUT2D eigenvalue weighted by molar-refractivity contribution is 14.0. The molecule has 1 rings (SSSR count). The van der Waals surface area contributed by atoms with Crippen LogP contribution in [0.3, 0.4) is 0 Å². The molecule has 0 radical (unpaired) electrons. The maximum atomic E-state index is 4.69. The number of hydrogen-bond donors (Lipinski definition) is 2. The number of aryl methyl sites for hydroxylation is 1. The minimum Gasteiger partial charge on any atom is -0.352 e. The fraction of sp³-hybridized carbons (Fsp3) is 0.714. The van der Waals surface area contributed by atoms with Crippen LogP contribution in [0.4, 0.5) is 0 Å². The smallest absolute Gasteiger partial charge is 0.191 e. The molecular weight excluding hydrogens is 383 g/mol. The molecule has 0 aliphatic rings. The van der Waals surface area contributed by atoms with Crippen LogP contribution in [-0.4, -0.2) is 23.5 Å². The average Bonchev–Trinajstić information content (AvgIpc) is 2.64. The third-order valence-corrected chi connectivity index (χ3v) is 3.53. The van der Waals surface area contributed by atoms with Gasteiger partial charge in [-0.1, -0.05) is 13.8 Å². The second kappa shape index (κ2) is 8.17. The molecule has 0 saturated carbocycles. The van der Waals surface area contributed by atoms with E-state index in [9.17, 15) is 0 Å². The molecule has 0 aromatic carbocycles. The lowest BCUT2D eigenvalue weighted by Gasteiger charge is -2.23. The quantitative estimate of drug-likeness (QED) is 0.454. The van der Waals surface area contributed by atoms with E-state index in [-0.39, 0.29) is 29.5 Å². The number of hydrogen-bond acceptors (Lipinski definition) is 3. The predicted molar refractivity (Wildman–Crippen MR) is 99.4 cm³/mol. The molecule has 1 aromatic rings. The highest BCUT2D eigenvalue weighted by atomic mass is 127. The summed E-state index contributed by atoms with van der Waals surface area (Å²) in [6.45, 7) is 13.6. The summed E-state index contributed by atoms with van der Waals surface area (Å²) >= 11 is 1.76. The van der Waals surface area contributed by atoms with Gasteiger partial charge in [-0.25, -0.2) is 4.98 Å². The van der Waals surface area contributed by atoms with Gasteiger partial charge in [0.25, 0.3) is 0 Å². The van der Waals surface area contributed by atoms with Gasteiger partial charge in [-0.05, 0) is 33.6 Å². The summed E-state index contributed by atoms with van der Waals surface area (Å²) in [4.78, 5) is 10.2. The van der Waals surface area contributed by atoms with Crippen molar-refractivity contribution in [3.63, 3.8) is 0 Å². The first kappa shape index (κ1) is 19.6. The molecule has 0 amide bonds. The second-order valence-electron chi connectivity index (χ2n) is 6.00. The maximum absolute atomic E-state index is 4.69. The minimum atomic E-state index is 0. The molecule has 0 spiro atoms. The number of nitrogens with zero attached hydrogens (tertiary/aromatic N) is 2. The Kier molecular flexibility index (Phi) is 8.01. The van der Waals surface area contributed by atoms with Crippen molar-refractivity contribution < 1.29 is 0 Å². The second-order valence-corrected chi connectivity index (χ2v) is 7.29. The van der Waals surface area contributed by atoms with Gasteiger partial charge in [-0.2, -0.15) is 0 Å². The van der Waals surface area contributed by atoms with Crippen molar-refractivity contribution in [3.8, 4) is 0 Å². The van der Waals surface area contributed by atoms with Crippen molar-refractivity contribution in [1.82, 2.24) is 15.6 Å². The standard InChI is InChI=1S/C14H26N4S.HI/c1-9(2)12-10(3)19-11(17-12)8-16-13(15-7)18-14(4,5)6;/h9H,8H2,1-7H3,(H2,15,16,18);1H. The van der Waals surface area contributed by atoms with E-state index in [4.69, 9.17) is 0 Å². The molecule has 6 heteroatoms. The van der Waals surface area contributed by atoms with Crippen LogP contribution in [0.2, 0.25) is 0 Å². The summed E-state index contributed by atoms with van der Waals surface area (Å²) in [7, 11) is 1.79. The number of thiazole rings is 1. The summed E-state index contributed by atoms with van der Waals surface area (Å²) in [6, 6.07) is 0. The van der Waals surface area contributed by atoms with Gasteiger partial charge in [-0.15, -0.1) is 35.3 Å². The monoisotopic (exact) mass is 410 g/mol. The fourth-order valence-corrected chi connectivity index (χ4v) is 2.80. The van der Waals surface area contributed by atoms with Crippen LogP contribution in [0.25, 0.3) is 0 Å². The first-order valence-electron chi connectivity index (χ1n) is 6.68. The molecule has 0 aliphatic carbocycles. The number of rotatable bonds is 3. The number of halogens is 1. The van der Waals surface area contributed by atoms with Gasteiger partial charge < -0.3 is 10.6 Å². The van der Waals surface area contributed by atoms with E-state index in [1.165, 1.54) is 10.6 Å². The van der Waals surface area contributed by atoms with Crippen LogP contribution in [-0.2, 0) is 6.54 Å². The Hall–Kier alpha value is -0.370. The predicted octanol–water partition coefficient (Wildman–Crippen LogP) is 3.66. The Balaban J connectivity index is 0.00000361. The topological polar surface area (TPSA) is 49.3 Å². The van der Waals surface area contributed by atoms with E-state index in [2.05, 4.69) is 62.2 Å². The third-order valence-electron chi connectivity index (χ3n) is 2.55. The summed E-state index contributed by atoms with van der Waals surface area (Å²) in [6.07, 6.45) is 0. The van der Waals surface area contributed by atoms with Gasteiger partial charge in [0, 0.05) is 17.5 Å². The van der Waals surface area contributed by atoms with Crippen LogP contribution in [0.15, 0.2) is 4.99 Å². The molecule has 4 nitrogen and oxygen atoms in total. The largest absolute Gasteiger partial charge is 0.352 e. The number of guanidine groups is 1. The third kappa shape index (κ3) is 6.39. The van der Waals surface area contributed by atoms with Gasteiger partial charge in [0.1, 0.15) is 5.01 Å². The highest BCUT2D eigenvalue weighted by Gasteiger charge is 2.13. The molecule has 0 aliphatic heterocycles. The molecule has 2 N–H and O–H groups in total. The highest BCUT2D eigenvalue weighted by Crippen LogP contribution is 2.23. The molecule has 0 atom stereocenters. The van der Waals surface area contributed by atoms with Gasteiger partial charge in [-0.3, -0.25) is 4.99 Å². The van der Waals surface area contributed by atoms with E-state index in [0.717, 1.165) is 11.0 Å². The van der Waals surface area contributed by atoms with E-state index in [1.54, 1.807) is 18.4 Å². The summed E-state index contributed by atoms with van der Waals surface area (Å²) < 4.78 is 0. The van der Waals surface area contributed by atoms with Gasteiger partial charge in [0.05, 0.1) is 12.2 Å². The lowest BCUT2D eigenvalue weighted by molar-refractivity contribution is 0.501. The first-order valence-corrected chi connectivity index (χ1v) is 7.49.